The fourth-order valence-electron chi connectivity index (χ4n) is 1.40. The molecule has 3 nitrogen and oxygen atoms in total. The van der Waals surface area contributed by atoms with Gasteiger partial charge < -0.3 is 13.9 Å². The van der Waals surface area contributed by atoms with Crippen LogP contribution in [0, 0.1) is 0 Å². The van der Waals surface area contributed by atoms with Crippen LogP contribution in [0.15, 0.2) is 55.3 Å². The van der Waals surface area contributed by atoms with E-state index < -0.39 is 8.60 Å². The Hall–Kier alpha value is -1.57. The minimum atomic E-state index is -1.93. The third-order valence-corrected chi connectivity index (χ3v) is 2.77. The summed E-state index contributed by atoms with van der Waals surface area (Å²) < 4.78 is 9.91. The van der Waals surface area contributed by atoms with Crippen LogP contribution < -0.4 is 4.52 Å². The standard InChI is InChI=1S/C12H11O3P/c1-2-14-16(13)15-12-8-7-10-5-3-4-6-11(10)9-12/h2-9,13H,1H2. The molecule has 0 saturated carbocycles. The van der Waals surface area contributed by atoms with Crippen LogP contribution in [-0.4, -0.2) is 4.89 Å². The lowest BCUT2D eigenvalue weighted by molar-refractivity contribution is 0.350. The minimum absolute atomic E-state index is 0.578. The molecule has 0 bridgehead atoms. The molecule has 0 saturated heterocycles. The predicted octanol–water partition coefficient (Wildman–Crippen LogP) is 3.60. The van der Waals surface area contributed by atoms with Gasteiger partial charge in [0.05, 0.1) is 6.26 Å². The van der Waals surface area contributed by atoms with Crippen molar-refractivity contribution in [1.82, 2.24) is 0 Å². The lowest BCUT2D eigenvalue weighted by atomic mass is 10.1. The van der Waals surface area contributed by atoms with Crippen LogP contribution in [0.2, 0.25) is 0 Å². The smallest absolute Gasteiger partial charge is 0.426 e. The van der Waals surface area contributed by atoms with E-state index in [1.165, 1.54) is 0 Å². The molecule has 0 fully saturated rings. The van der Waals surface area contributed by atoms with Gasteiger partial charge in [-0.05, 0) is 22.9 Å². The third-order valence-electron chi connectivity index (χ3n) is 2.07. The van der Waals surface area contributed by atoms with Gasteiger partial charge in [0.2, 0.25) is 0 Å². The molecule has 0 aliphatic heterocycles. The van der Waals surface area contributed by atoms with E-state index in [-0.39, 0.29) is 0 Å². The fourth-order valence-corrected chi connectivity index (χ4v) is 1.86. The molecule has 1 unspecified atom stereocenters. The Labute approximate surface area is 94.9 Å². The zero-order valence-corrected chi connectivity index (χ0v) is 9.43. The summed E-state index contributed by atoms with van der Waals surface area (Å²) in [6.07, 6.45) is 1.16. The highest BCUT2D eigenvalue weighted by atomic mass is 31.2. The van der Waals surface area contributed by atoms with Crippen LogP contribution in [0.4, 0.5) is 0 Å². The molecule has 0 aliphatic carbocycles. The fraction of sp³-hybridized carbons (Fsp3) is 0. The lowest BCUT2D eigenvalue weighted by Gasteiger charge is -2.09. The number of hydrogen-bond donors (Lipinski definition) is 1. The highest BCUT2D eigenvalue weighted by Crippen LogP contribution is 2.35. The van der Waals surface area contributed by atoms with Crippen LogP contribution in [0.25, 0.3) is 10.8 Å². The summed E-state index contributed by atoms with van der Waals surface area (Å²) in [5.41, 5.74) is 0. The van der Waals surface area contributed by atoms with Crippen molar-refractivity contribution in [2.45, 2.75) is 0 Å². The average Bonchev–Trinajstić information content (AvgIpc) is 2.29. The van der Waals surface area contributed by atoms with E-state index in [1.807, 2.05) is 36.4 Å². The second-order valence-corrected chi connectivity index (χ2v) is 3.98. The van der Waals surface area contributed by atoms with Crippen molar-refractivity contribution in [3.63, 3.8) is 0 Å². The van der Waals surface area contributed by atoms with Gasteiger partial charge in [0.1, 0.15) is 5.75 Å². The molecule has 0 aliphatic rings. The van der Waals surface area contributed by atoms with Crippen LogP contribution >= 0.6 is 8.60 Å². The summed E-state index contributed by atoms with van der Waals surface area (Å²) in [5.74, 6) is 0.578. The Morgan fingerprint density at radius 2 is 1.88 bits per heavy atom. The zero-order chi connectivity index (χ0) is 11.4. The van der Waals surface area contributed by atoms with Crippen LogP contribution in [-0.2, 0) is 4.52 Å². The molecule has 1 N–H and O–H groups in total. The molecule has 0 radical (unpaired) electrons. The molecule has 1 atom stereocenters. The van der Waals surface area contributed by atoms with Gasteiger partial charge in [0.25, 0.3) is 0 Å². The van der Waals surface area contributed by atoms with Crippen molar-refractivity contribution in [2.75, 3.05) is 0 Å². The molecule has 0 amide bonds. The summed E-state index contributed by atoms with van der Waals surface area (Å²) in [6, 6.07) is 13.5. The van der Waals surface area contributed by atoms with Crippen LogP contribution in [0.5, 0.6) is 5.75 Å². The summed E-state index contributed by atoms with van der Waals surface area (Å²) in [7, 11) is -1.93. The summed E-state index contributed by atoms with van der Waals surface area (Å²) in [4.78, 5) is 9.32. The Balaban J connectivity index is 2.22. The van der Waals surface area contributed by atoms with Crippen molar-refractivity contribution < 1.29 is 13.9 Å². The van der Waals surface area contributed by atoms with E-state index in [9.17, 15) is 4.89 Å². The van der Waals surface area contributed by atoms with Gasteiger partial charge in [-0.15, -0.1) is 0 Å². The first-order chi connectivity index (χ1) is 7.79. The molecule has 0 spiro atoms. The first-order valence-corrected chi connectivity index (χ1v) is 5.86. The number of fused-ring (bicyclic) bond motifs is 1. The van der Waals surface area contributed by atoms with E-state index >= 15 is 0 Å². The van der Waals surface area contributed by atoms with E-state index in [4.69, 9.17) is 9.05 Å². The van der Waals surface area contributed by atoms with Gasteiger partial charge in [-0.1, -0.05) is 36.9 Å². The Bertz CT molecular complexity index is 498. The monoisotopic (exact) mass is 234 g/mol. The van der Waals surface area contributed by atoms with E-state index in [0.29, 0.717) is 5.75 Å². The first-order valence-electron chi connectivity index (χ1n) is 4.73. The van der Waals surface area contributed by atoms with E-state index in [0.717, 1.165) is 17.0 Å². The molecule has 4 heteroatoms. The predicted molar refractivity (Wildman–Crippen MR) is 65.0 cm³/mol. The van der Waals surface area contributed by atoms with Crippen molar-refractivity contribution in [1.29, 1.82) is 0 Å². The third kappa shape index (κ3) is 2.51. The van der Waals surface area contributed by atoms with Gasteiger partial charge in [0, 0.05) is 0 Å². The second-order valence-electron chi connectivity index (χ2n) is 3.11. The lowest BCUT2D eigenvalue weighted by Crippen LogP contribution is -1.87. The largest absolute Gasteiger partial charge is 0.459 e. The van der Waals surface area contributed by atoms with Crippen molar-refractivity contribution in [2.24, 2.45) is 0 Å². The maximum absolute atomic E-state index is 9.32. The Morgan fingerprint density at radius 1 is 1.12 bits per heavy atom. The molecular weight excluding hydrogens is 223 g/mol. The Kier molecular flexibility index (Phi) is 3.40. The molecule has 2 rings (SSSR count). The quantitative estimate of drug-likeness (QED) is 0.648. The topological polar surface area (TPSA) is 38.7 Å². The molecule has 0 heterocycles. The van der Waals surface area contributed by atoms with Gasteiger partial charge in [-0.2, -0.15) is 0 Å². The molecular formula is C12H11O3P. The van der Waals surface area contributed by atoms with E-state index in [2.05, 4.69) is 6.58 Å². The maximum atomic E-state index is 9.32. The van der Waals surface area contributed by atoms with Crippen LogP contribution in [0.3, 0.4) is 0 Å². The second kappa shape index (κ2) is 4.97. The van der Waals surface area contributed by atoms with Crippen molar-refractivity contribution in [3.8, 4) is 5.75 Å². The molecule has 2 aromatic carbocycles. The Morgan fingerprint density at radius 3 is 2.62 bits per heavy atom. The van der Waals surface area contributed by atoms with Gasteiger partial charge in [0.15, 0.2) is 0 Å². The first kappa shape index (κ1) is 10.9. The maximum Gasteiger partial charge on any atom is 0.459 e. The number of benzene rings is 2. The highest BCUT2D eigenvalue weighted by Gasteiger charge is 2.07. The molecule has 82 valence electrons. The summed E-state index contributed by atoms with van der Waals surface area (Å²) in [6.45, 7) is 3.35. The molecule has 2 aromatic rings. The number of rotatable bonds is 4. The highest BCUT2D eigenvalue weighted by molar-refractivity contribution is 7.41. The molecule has 0 aromatic heterocycles. The average molecular weight is 234 g/mol. The SMILES string of the molecule is C=COP(O)Oc1ccc2ccccc2c1. The zero-order valence-electron chi connectivity index (χ0n) is 8.54. The van der Waals surface area contributed by atoms with Crippen molar-refractivity contribution >= 4 is 19.4 Å². The summed E-state index contributed by atoms with van der Waals surface area (Å²) in [5, 5.41) is 2.18. The van der Waals surface area contributed by atoms with E-state index in [1.54, 1.807) is 6.07 Å². The van der Waals surface area contributed by atoms with Gasteiger partial charge in [-0.25, -0.2) is 0 Å². The normalized spacial score (nSPS) is 12.1. The molecule has 16 heavy (non-hydrogen) atoms. The van der Waals surface area contributed by atoms with Crippen molar-refractivity contribution in [3.05, 3.63) is 55.3 Å². The van der Waals surface area contributed by atoms with Gasteiger partial charge >= 0.3 is 8.60 Å². The minimum Gasteiger partial charge on any atom is -0.426 e. The van der Waals surface area contributed by atoms with Crippen LogP contribution in [0.1, 0.15) is 0 Å². The summed E-state index contributed by atoms with van der Waals surface area (Å²) >= 11 is 0. The number of hydrogen-bond acceptors (Lipinski definition) is 3. The van der Waals surface area contributed by atoms with Gasteiger partial charge in [-0.3, -0.25) is 0 Å².